The first-order chi connectivity index (χ1) is 8.71. The van der Waals surface area contributed by atoms with Gasteiger partial charge in [-0.2, -0.15) is 0 Å². The standard InChI is InChI=1S/C15H29NO2/c1-3-5-6-12-7-9-13(10-8-12)15(18)16-14(4-2)11-17/h12-14,17H,3-11H2,1-2H3,(H,16,18)/t12?,13?,14-/m1/s1. The maximum Gasteiger partial charge on any atom is 0.223 e. The molecular weight excluding hydrogens is 226 g/mol. The molecule has 0 heterocycles. The van der Waals surface area contributed by atoms with Gasteiger partial charge in [0.1, 0.15) is 0 Å². The molecule has 1 fully saturated rings. The van der Waals surface area contributed by atoms with E-state index in [4.69, 9.17) is 5.11 Å². The predicted molar refractivity (Wildman–Crippen MR) is 74.3 cm³/mol. The summed E-state index contributed by atoms with van der Waals surface area (Å²) in [6.45, 7) is 4.27. The van der Waals surface area contributed by atoms with Crippen molar-refractivity contribution in [3.8, 4) is 0 Å². The first-order valence-electron chi connectivity index (χ1n) is 7.62. The number of carbonyl (C=O) groups is 1. The highest BCUT2D eigenvalue weighted by Crippen LogP contribution is 2.32. The Balaban J connectivity index is 2.27. The molecule has 106 valence electrons. The minimum Gasteiger partial charge on any atom is -0.394 e. The summed E-state index contributed by atoms with van der Waals surface area (Å²) < 4.78 is 0. The monoisotopic (exact) mass is 255 g/mol. The Morgan fingerprint density at radius 3 is 2.44 bits per heavy atom. The van der Waals surface area contributed by atoms with Crippen LogP contribution in [0.5, 0.6) is 0 Å². The van der Waals surface area contributed by atoms with Crippen LogP contribution in [-0.4, -0.2) is 23.7 Å². The number of aliphatic hydroxyl groups excluding tert-OH is 1. The summed E-state index contributed by atoms with van der Waals surface area (Å²) in [4.78, 5) is 12.0. The molecule has 1 aliphatic carbocycles. The normalized spacial score (nSPS) is 25.7. The molecule has 0 aliphatic heterocycles. The fourth-order valence-electron chi connectivity index (χ4n) is 2.80. The highest BCUT2D eigenvalue weighted by atomic mass is 16.3. The molecule has 2 N–H and O–H groups in total. The predicted octanol–water partition coefficient (Wildman–Crippen LogP) is 2.87. The second kappa shape index (κ2) is 8.52. The van der Waals surface area contributed by atoms with Crippen molar-refractivity contribution >= 4 is 5.91 Å². The van der Waals surface area contributed by atoms with E-state index in [1.807, 2.05) is 6.92 Å². The van der Waals surface area contributed by atoms with Crippen LogP contribution >= 0.6 is 0 Å². The Hall–Kier alpha value is -0.570. The topological polar surface area (TPSA) is 49.3 Å². The van der Waals surface area contributed by atoms with Gasteiger partial charge in [-0.3, -0.25) is 4.79 Å². The van der Waals surface area contributed by atoms with E-state index in [2.05, 4.69) is 12.2 Å². The molecule has 0 aromatic rings. The number of rotatable bonds is 7. The fraction of sp³-hybridized carbons (Fsp3) is 0.933. The van der Waals surface area contributed by atoms with Crippen LogP contribution < -0.4 is 5.32 Å². The molecule has 1 rings (SSSR count). The van der Waals surface area contributed by atoms with E-state index in [1.54, 1.807) is 0 Å². The molecule has 0 radical (unpaired) electrons. The van der Waals surface area contributed by atoms with Crippen LogP contribution in [0.2, 0.25) is 0 Å². The molecular formula is C15H29NO2. The number of amides is 1. The van der Waals surface area contributed by atoms with Gasteiger partial charge >= 0.3 is 0 Å². The minimum atomic E-state index is -0.0599. The van der Waals surface area contributed by atoms with Gasteiger partial charge in [0.05, 0.1) is 12.6 Å². The SMILES string of the molecule is CCCCC1CCC(C(=O)N[C@H](CC)CO)CC1. The molecule has 0 unspecified atom stereocenters. The van der Waals surface area contributed by atoms with Gasteiger partial charge in [0.25, 0.3) is 0 Å². The lowest BCUT2D eigenvalue weighted by molar-refractivity contribution is -0.127. The van der Waals surface area contributed by atoms with Crippen molar-refractivity contribution in [2.75, 3.05) is 6.61 Å². The summed E-state index contributed by atoms with van der Waals surface area (Å²) >= 11 is 0. The van der Waals surface area contributed by atoms with Gasteiger partial charge < -0.3 is 10.4 Å². The fourth-order valence-corrected chi connectivity index (χ4v) is 2.80. The molecule has 0 aromatic carbocycles. The van der Waals surface area contributed by atoms with E-state index in [9.17, 15) is 4.79 Å². The summed E-state index contributed by atoms with van der Waals surface area (Å²) in [6, 6.07) is -0.0599. The zero-order chi connectivity index (χ0) is 13.4. The zero-order valence-corrected chi connectivity index (χ0v) is 12.0. The minimum absolute atomic E-state index is 0.0497. The molecule has 1 aliphatic rings. The largest absolute Gasteiger partial charge is 0.394 e. The number of unbranched alkanes of at least 4 members (excludes halogenated alkanes) is 1. The van der Waals surface area contributed by atoms with E-state index in [0.29, 0.717) is 0 Å². The van der Waals surface area contributed by atoms with Gasteiger partial charge in [-0.1, -0.05) is 33.1 Å². The average Bonchev–Trinajstić information content (AvgIpc) is 2.42. The van der Waals surface area contributed by atoms with Gasteiger partial charge in [-0.15, -0.1) is 0 Å². The Labute approximate surface area is 111 Å². The lowest BCUT2D eigenvalue weighted by Gasteiger charge is -2.28. The molecule has 3 heteroatoms. The molecule has 1 atom stereocenters. The second-order valence-corrected chi connectivity index (χ2v) is 5.66. The smallest absolute Gasteiger partial charge is 0.223 e. The number of hydrogen-bond donors (Lipinski definition) is 2. The van der Waals surface area contributed by atoms with Crippen LogP contribution in [-0.2, 0) is 4.79 Å². The molecule has 0 aromatic heterocycles. The Kier molecular flexibility index (Phi) is 7.33. The van der Waals surface area contributed by atoms with E-state index in [0.717, 1.165) is 25.2 Å². The van der Waals surface area contributed by atoms with Crippen molar-refractivity contribution in [3.05, 3.63) is 0 Å². The van der Waals surface area contributed by atoms with Gasteiger partial charge in [0, 0.05) is 5.92 Å². The maximum absolute atomic E-state index is 12.0. The van der Waals surface area contributed by atoms with Crippen LogP contribution in [0.25, 0.3) is 0 Å². The third-order valence-corrected chi connectivity index (χ3v) is 4.24. The third kappa shape index (κ3) is 4.97. The van der Waals surface area contributed by atoms with Gasteiger partial charge in [-0.05, 0) is 38.0 Å². The Morgan fingerprint density at radius 1 is 1.28 bits per heavy atom. The van der Waals surface area contributed by atoms with E-state index in [1.165, 1.54) is 32.1 Å². The van der Waals surface area contributed by atoms with Crippen molar-refractivity contribution in [1.29, 1.82) is 0 Å². The van der Waals surface area contributed by atoms with Gasteiger partial charge in [0.15, 0.2) is 0 Å². The lowest BCUT2D eigenvalue weighted by Crippen LogP contribution is -2.41. The van der Waals surface area contributed by atoms with E-state index < -0.39 is 0 Å². The number of hydrogen-bond acceptors (Lipinski definition) is 2. The molecule has 0 spiro atoms. The van der Waals surface area contributed by atoms with Crippen LogP contribution in [0.15, 0.2) is 0 Å². The molecule has 1 amide bonds. The summed E-state index contributed by atoms with van der Waals surface area (Å²) in [5.74, 6) is 1.18. The number of carbonyl (C=O) groups excluding carboxylic acids is 1. The van der Waals surface area contributed by atoms with Crippen molar-refractivity contribution < 1.29 is 9.90 Å². The van der Waals surface area contributed by atoms with E-state index >= 15 is 0 Å². The van der Waals surface area contributed by atoms with Crippen LogP contribution in [0.3, 0.4) is 0 Å². The number of nitrogens with one attached hydrogen (secondary N) is 1. The highest BCUT2D eigenvalue weighted by molar-refractivity contribution is 5.79. The lowest BCUT2D eigenvalue weighted by atomic mass is 9.79. The van der Waals surface area contributed by atoms with Crippen LogP contribution in [0.1, 0.15) is 65.2 Å². The van der Waals surface area contributed by atoms with Crippen molar-refractivity contribution in [2.24, 2.45) is 11.8 Å². The average molecular weight is 255 g/mol. The van der Waals surface area contributed by atoms with Crippen molar-refractivity contribution in [3.63, 3.8) is 0 Å². The quantitative estimate of drug-likeness (QED) is 0.735. The molecule has 1 saturated carbocycles. The molecule has 3 nitrogen and oxygen atoms in total. The second-order valence-electron chi connectivity index (χ2n) is 5.66. The first kappa shape index (κ1) is 15.5. The first-order valence-corrected chi connectivity index (χ1v) is 7.62. The summed E-state index contributed by atoms with van der Waals surface area (Å²) in [5, 5.41) is 12.1. The summed E-state index contributed by atoms with van der Waals surface area (Å²) in [5.41, 5.74) is 0. The molecule has 0 bridgehead atoms. The summed E-state index contributed by atoms with van der Waals surface area (Å²) in [7, 11) is 0. The Bertz CT molecular complexity index is 231. The van der Waals surface area contributed by atoms with Crippen molar-refractivity contribution in [1.82, 2.24) is 5.32 Å². The van der Waals surface area contributed by atoms with Crippen LogP contribution in [0, 0.1) is 11.8 Å². The summed E-state index contributed by atoms with van der Waals surface area (Å²) in [6.07, 6.45) is 9.19. The number of aliphatic hydroxyl groups is 1. The third-order valence-electron chi connectivity index (χ3n) is 4.24. The maximum atomic E-state index is 12.0. The van der Waals surface area contributed by atoms with Crippen LogP contribution in [0.4, 0.5) is 0 Å². The molecule has 0 saturated heterocycles. The van der Waals surface area contributed by atoms with Crippen molar-refractivity contribution in [2.45, 2.75) is 71.3 Å². The molecule has 18 heavy (non-hydrogen) atoms. The highest BCUT2D eigenvalue weighted by Gasteiger charge is 2.26. The van der Waals surface area contributed by atoms with E-state index in [-0.39, 0.29) is 24.5 Å². The van der Waals surface area contributed by atoms with Gasteiger partial charge in [-0.25, -0.2) is 0 Å². The van der Waals surface area contributed by atoms with Gasteiger partial charge in [0.2, 0.25) is 5.91 Å². The zero-order valence-electron chi connectivity index (χ0n) is 12.0. The Morgan fingerprint density at radius 2 is 1.94 bits per heavy atom.